The number of carbonyl (C=O) groups is 6. The molecule has 44 heavy (non-hydrogen) atoms. The smallest absolute Gasteiger partial charge is 0.323 e. The molecule has 1 radical (unpaired) electrons. The summed E-state index contributed by atoms with van der Waals surface area (Å²) < 4.78 is 0. The van der Waals surface area contributed by atoms with E-state index in [0.29, 0.717) is 0 Å². The van der Waals surface area contributed by atoms with Crippen LogP contribution in [0.15, 0.2) is 48.5 Å². The Morgan fingerprint density at radius 2 is 0.614 bits per heavy atom. The zero-order valence-corrected chi connectivity index (χ0v) is 26.3. The zero-order chi connectivity index (χ0) is 32.1. The average molecular weight is 694 g/mol. The third-order valence-corrected chi connectivity index (χ3v) is 5.94. The summed E-state index contributed by atoms with van der Waals surface area (Å²) in [5.74, 6) is -7.67. The number of para-hydroxylation sites is 4. The Labute approximate surface area is 276 Å². The molecule has 17 heteroatoms. The second kappa shape index (κ2) is 18.3. The minimum atomic E-state index is -1.30. The maximum atomic E-state index is 11.7. The molecule has 16 nitrogen and oxygen atoms in total. The third kappa shape index (κ3) is 12.4. The van der Waals surface area contributed by atoms with E-state index in [2.05, 4.69) is 0 Å². The molecule has 6 N–H and O–H groups in total. The van der Waals surface area contributed by atoms with Crippen LogP contribution in [-0.2, 0) is 61.5 Å². The number of nitrogens with zero attached hydrogens (tertiary/aromatic N) is 4. The van der Waals surface area contributed by atoms with Crippen LogP contribution in [0.25, 0.3) is 0 Å². The molecule has 0 bridgehead atoms. The van der Waals surface area contributed by atoms with Crippen molar-refractivity contribution >= 4 is 58.6 Å². The summed E-state index contributed by atoms with van der Waals surface area (Å²) in [6.45, 7) is -3.77. The van der Waals surface area contributed by atoms with Gasteiger partial charge in [-0.25, -0.2) is 0 Å². The van der Waals surface area contributed by atoms with Gasteiger partial charge in [0.05, 0.1) is 22.7 Å². The normalized spacial score (nSPS) is 10.2. The Bertz CT molecular complexity index is 1210. The van der Waals surface area contributed by atoms with E-state index in [-0.39, 0.29) is 75.0 Å². The van der Waals surface area contributed by atoms with Crippen molar-refractivity contribution < 1.29 is 92.1 Å². The predicted octanol–water partition coefficient (Wildman–Crippen LogP) is 0.508. The molecule has 0 aliphatic rings. The van der Waals surface area contributed by atoms with Crippen LogP contribution in [0.2, 0.25) is 0 Å². The van der Waals surface area contributed by atoms with Crippen molar-refractivity contribution in [3.05, 3.63) is 48.5 Å². The molecule has 2 aromatic carbocycles. The summed E-state index contributed by atoms with van der Waals surface area (Å²) in [5, 5.41) is 56.4. The van der Waals surface area contributed by atoms with E-state index in [1.807, 2.05) is 0 Å². The molecule has 0 amide bonds. The van der Waals surface area contributed by atoms with E-state index in [1.54, 1.807) is 24.3 Å². The first-order valence-electron chi connectivity index (χ1n) is 12.8. The van der Waals surface area contributed by atoms with E-state index in [0.717, 1.165) is 9.80 Å². The molecule has 0 saturated carbocycles. The number of hydrogen-bond donors (Lipinski definition) is 6. The molecule has 0 unspecified atom stereocenters. The van der Waals surface area contributed by atoms with Crippen molar-refractivity contribution in [3.8, 4) is 0 Å². The number of carboxylic acids is 6. The summed E-state index contributed by atoms with van der Waals surface area (Å²) in [4.78, 5) is 74.1. The molecular formula is C27H32N4O12Y. The van der Waals surface area contributed by atoms with E-state index < -0.39 is 75.1 Å². The van der Waals surface area contributed by atoms with Gasteiger partial charge in [0.2, 0.25) is 0 Å². The molecule has 0 heterocycles. The van der Waals surface area contributed by atoms with Crippen molar-refractivity contribution in [2.75, 3.05) is 72.0 Å². The summed E-state index contributed by atoms with van der Waals surface area (Å²) in [5.41, 5.74) is 0.817. The fourth-order valence-corrected chi connectivity index (χ4v) is 4.45. The number of benzene rings is 2. The predicted molar refractivity (Wildman–Crippen MR) is 152 cm³/mol. The van der Waals surface area contributed by atoms with Crippen LogP contribution >= 0.6 is 0 Å². The van der Waals surface area contributed by atoms with Crippen molar-refractivity contribution in [1.29, 1.82) is 0 Å². The molecule has 0 aromatic heterocycles. The molecule has 0 fully saturated rings. The number of anilines is 4. The van der Waals surface area contributed by atoms with Crippen LogP contribution in [0, 0.1) is 0 Å². The van der Waals surface area contributed by atoms with Crippen LogP contribution in [0.5, 0.6) is 0 Å². The monoisotopic (exact) mass is 694 g/mol. The van der Waals surface area contributed by atoms with Crippen LogP contribution in [-0.4, -0.2) is 119 Å². The number of carboxylic acid groups (broad SMARTS) is 6. The molecule has 235 valence electrons. The van der Waals surface area contributed by atoms with Gasteiger partial charge < -0.3 is 50.2 Å². The van der Waals surface area contributed by atoms with Gasteiger partial charge in [-0.2, -0.15) is 0 Å². The molecule has 2 aromatic rings. The Morgan fingerprint density at radius 1 is 0.409 bits per heavy atom. The molecule has 2 rings (SSSR count). The number of aliphatic carboxylic acids is 6. The van der Waals surface area contributed by atoms with E-state index in [1.165, 1.54) is 34.1 Å². The summed E-state index contributed by atoms with van der Waals surface area (Å²) in [7, 11) is 0. The van der Waals surface area contributed by atoms with Crippen molar-refractivity contribution in [2.45, 2.75) is 6.42 Å². The zero-order valence-electron chi connectivity index (χ0n) is 23.5. The second-order valence-corrected chi connectivity index (χ2v) is 9.25. The van der Waals surface area contributed by atoms with Crippen molar-refractivity contribution in [2.24, 2.45) is 0 Å². The average Bonchev–Trinajstić information content (AvgIpc) is 2.89. The summed E-state index contributed by atoms with van der Waals surface area (Å²) in [6.07, 6.45) is 0.138. The fraction of sp³-hybridized carbons (Fsp3) is 0.333. The maximum Gasteiger partial charge on any atom is 0.323 e. The summed E-state index contributed by atoms with van der Waals surface area (Å²) in [6, 6.07) is 12.2. The van der Waals surface area contributed by atoms with Crippen LogP contribution in [0.1, 0.15) is 6.42 Å². The van der Waals surface area contributed by atoms with E-state index in [9.17, 15) is 59.4 Å². The fourth-order valence-electron chi connectivity index (χ4n) is 4.45. The van der Waals surface area contributed by atoms with Gasteiger partial charge in [-0.05, 0) is 30.7 Å². The quantitative estimate of drug-likeness (QED) is 0.111. The van der Waals surface area contributed by atoms with Gasteiger partial charge in [-0.3, -0.25) is 28.8 Å². The van der Waals surface area contributed by atoms with Gasteiger partial charge in [-0.1, -0.05) is 24.3 Å². The molecule has 0 aliphatic heterocycles. The minimum absolute atomic E-state index is 0. The molecular weight excluding hydrogens is 662 g/mol. The first-order valence-corrected chi connectivity index (χ1v) is 12.8. The van der Waals surface area contributed by atoms with Gasteiger partial charge in [-0.15, -0.1) is 0 Å². The largest absolute Gasteiger partial charge is 0.480 e. The molecule has 0 aliphatic carbocycles. The number of rotatable bonds is 20. The van der Waals surface area contributed by atoms with Crippen LogP contribution in [0.4, 0.5) is 22.7 Å². The van der Waals surface area contributed by atoms with Gasteiger partial charge >= 0.3 is 35.8 Å². The standard InChI is InChI=1S/C27H32N4O12.Y/c32-22(33)12-28(18-6-1-3-8-20(18)30(14-24(36)37)15-25(38)39)10-5-11-29(13-23(34)35)19-7-2-4-9-21(19)31(16-26(40)41)17-27(42)43;/h1-4,6-9H,5,10-17H2,(H,32,33)(H,34,35)(H,36,37)(H,38,39)(H,40,41)(H,42,43);/i;1+1. The first-order chi connectivity index (χ1) is 20.3. The van der Waals surface area contributed by atoms with E-state index >= 15 is 0 Å². The SMILES string of the molecule is O=C(O)CN(CCCN(CC(=O)O)c1ccccc1N(CC(=O)O)CC(=O)O)c1ccccc1N(CC(=O)O)CC(=O)O.[90Y]. The van der Waals surface area contributed by atoms with Gasteiger partial charge in [0.25, 0.3) is 0 Å². The van der Waals surface area contributed by atoms with Gasteiger partial charge in [0.1, 0.15) is 39.3 Å². The van der Waals surface area contributed by atoms with Gasteiger partial charge in [0.15, 0.2) is 0 Å². The van der Waals surface area contributed by atoms with Crippen LogP contribution in [0.3, 0.4) is 0 Å². The Balaban J connectivity index is 0.00000968. The molecule has 0 spiro atoms. The maximum absolute atomic E-state index is 11.7. The Kier molecular flexibility index (Phi) is 15.6. The topological polar surface area (TPSA) is 237 Å². The number of hydrogen-bond acceptors (Lipinski definition) is 10. The van der Waals surface area contributed by atoms with Gasteiger partial charge in [0, 0.05) is 45.8 Å². The molecule has 0 saturated heterocycles. The summed E-state index contributed by atoms with van der Waals surface area (Å²) >= 11 is 0. The Hall–Kier alpha value is -4.44. The first kappa shape index (κ1) is 37.6. The van der Waals surface area contributed by atoms with Crippen molar-refractivity contribution in [3.63, 3.8) is 0 Å². The third-order valence-electron chi connectivity index (χ3n) is 5.94. The van der Waals surface area contributed by atoms with Crippen LogP contribution < -0.4 is 19.6 Å². The second-order valence-electron chi connectivity index (χ2n) is 9.25. The Morgan fingerprint density at radius 3 is 0.841 bits per heavy atom. The molecule has 0 atom stereocenters. The van der Waals surface area contributed by atoms with E-state index in [4.69, 9.17) is 0 Å². The van der Waals surface area contributed by atoms with Crippen molar-refractivity contribution in [1.82, 2.24) is 0 Å². The minimum Gasteiger partial charge on any atom is -0.480 e.